The summed E-state index contributed by atoms with van der Waals surface area (Å²) in [6, 6.07) is -1.06. The molecule has 15 nitrogen and oxygen atoms in total. The average Bonchev–Trinajstić information content (AvgIpc) is 3.64. The third-order valence-corrected chi connectivity index (χ3v) is 15.6. The number of hydrogen-bond acceptors (Lipinski definition) is 12. The van der Waals surface area contributed by atoms with Gasteiger partial charge in [0.2, 0.25) is 5.91 Å². The van der Waals surface area contributed by atoms with Crippen molar-refractivity contribution in [3.63, 3.8) is 0 Å². The van der Waals surface area contributed by atoms with E-state index in [4.69, 9.17) is 15.0 Å². The number of amides is 3. The van der Waals surface area contributed by atoms with Crippen LogP contribution in [-0.2, 0) is 23.9 Å². The van der Waals surface area contributed by atoms with Crippen LogP contribution in [-0.4, -0.2) is 123 Å². The number of hydrogen-bond donors (Lipinski definition) is 6. The minimum absolute atomic E-state index is 0.0728. The number of carbonyl (C=O) groups is 3. The number of aliphatic hydroxyl groups excluding tert-OH is 5. The Kier molecular flexibility index (Phi) is 40.2. The maximum atomic E-state index is 13.3. The van der Waals surface area contributed by atoms with Crippen LogP contribution in [0.15, 0.2) is 16.1 Å². The van der Waals surface area contributed by atoms with Crippen LogP contribution in [0.4, 0.5) is 0 Å². The fraction of sp³-hybridized carbons (Fsp3) is 0.911. The van der Waals surface area contributed by atoms with Gasteiger partial charge >= 0.3 is 0 Å². The summed E-state index contributed by atoms with van der Waals surface area (Å²) < 4.78 is 11.8. The standard InChI is InChI=1S/C56H103N5O10S/c1-3-5-7-9-11-13-15-17-18-19-20-21-22-23-24-25-26-27-29-31-33-35-37-39-49(63)59-45(51(65)46(62)38-36-34-32-30-28-16-14-12-10-8-6-4-2)43-70-56-54(68)53(67)52(66)47(71-56)44-72-48-42-50(64)61(55(48)69)41-40-58-60-57/h42,45-47,51-54,56,62,65-68H,3-41,43-44H2,1-2H3,(H,59,63)/t45-,46+,47+,51-,52-,53-,54+,56-/m0/s1. The molecule has 0 spiro atoms. The van der Waals surface area contributed by atoms with Gasteiger partial charge in [0.25, 0.3) is 11.8 Å². The summed E-state index contributed by atoms with van der Waals surface area (Å²) >= 11 is 0.920. The first-order chi connectivity index (χ1) is 35.0. The smallest absolute Gasteiger partial charge is 0.267 e. The molecule has 72 heavy (non-hydrogen) atoms. The van der Waals surface area contributed by atoms with E-state index >= 15 is 0 Å². The second kappa shape index (κ2) is 43.9. The zero-order chi connectivity index (χ0) is 52.4. The van der Waals surface area contributed by atoms with E-state index in [-0.39, 0.29) is 42.7 Å². The predicted octanol–water partition coefficient (Wildman–Crippen LogP) is 11.8. The quantitative estimate of drug-likeness (QED) is 0.0110. The van der Waals surface area contributed by atoms with Crippen molar-refractivity contribution >= 4 is 29.5 Å². The van der Waals surface area contributed by atoms with Crippen LogP contribution >= 0.6 is 11.8 Å². The van der Waals surface area contributed by atoms with Crippen molar-refractivity contribution in [3.05, 3.63) is 21.4 Å². The molecule has 2 heterocycles. The maximum absolute atomic E-state index is 13.3. The summed E-state index contributed by atoms with van der Waals surface area (Å²) in [5.74, 6) is -1.56. The number of rotatable bonds is 49. The van der Waals surface area contributed by atoms with E-state index in [1.54, 1.807) is 0 Å². The first kappa shape index (κ1) is 65.8. The number of nitrogens with one attached hydrogen (secondary N) is 1. The molecule has 1 fully saturated rings. The monoisotopic (exact) mass is 1040 g/mol. The maximum Gasteiger partial charge on any atom is 0.267 e. The van der Waals surface area contributed by atoms with Crippen molar-refractivity contribution in [2.45, 2.75) is 300 Å². The minimum atomic E-state index is -1.70. The number of azide groups is 1. The first-order valence-corrected chi connectivity index (χ1v) is 30.2. The molecule has 2 aliphatic rings. The normalized spacial score (nSPS) is 20.4. The molecule has 0 saturated carbocycles. The molecule has 16 heteroatoms. The summed E-state index contributed by atoms with van der Waals surface area (Å²) in [5, 5.41) is 61.2. The lowest BCUT2D eigenvalue weighted by Crippen LogP contribution is -2.60. The molecule has 0 bridgehead atoms. The molecule has 3 amide bonds. The highest BCUT2D eigenvalue weighted by Crippen LogP contribution is 2.31. The van der Waals surface area contributed by atoms with Gasteiger partial charge in [-0.15, -0.1) is 11.8 Å². The molecule has 418 valence electrons. The Hall–Kier alpha value is -2.27. The summed E-state index contributed by atoms with van der Waals surface area (Å²) in [6.45, 7) is 3.96. The molecule has 8 atom stereocenters. The second-order valence-corrected chi connectivity index (χ2v) is 21.9. The van der Waals surface area contributed by atoms with Crippen molar-refractivity contribution in [2.24, 2.45) is 5.11 Å². The predicted molar refractivity (Wildman–Crippen MR) is 290 cm³/mol. The van der Waals surface area contributed by atoms with E-state index in [1.165, 1.54) is 173 Å². The highest BCUT2D eigenvalue weighted by Gasteiger charge is 2.45. The lowest BCUT2D eigenvalue weighted by Gasteiger charge is -2.41. The Balaban J connectivity index is 1.76. The van der Waals surface area contributed by atoms with E-state index in [9.17, 15) is 39.9 Å². The number of carbonyl (C=O) groups excluding carboxylic acids is 3. The van der Waals surface area contributed by atoms with Gasteiger partial charge in [-0.05, 0) is 18.4 Å². The highest BCUT2D eigenvalue weighted by molar-refractivity contribution is 8.04. The van der Waals surface area contributed by atoms with Crippen molar-refractivity contribution in [3.8, 4) is 0 Å². The van der Waals surface area contributed by atoms with Crippen LogP contribution in [0.1, 0.15) is 251 Å². The van der Waals surface area contributed by atoms with Crippen molar-refractivity contribution in [1.82, 2.24) is 10.2 Å². The van der Waals surface area contributed by atoms with E-state index in [0.29, 0.717) is 19.3 Å². The van der Waals surface area contributed by atoms with Crippen LogP contribution in [0, 0.1) is 0 Å². The molecule has 0 aromatic carbocycles. The van der Waals surface area contributed by atoms with E-state index in [1.807, 2.05) is 0 Å². The van der Waals surface area contributed by atoms with Crippen molar-refractivity contribution < 1.29 is 49.4 Å². The molecule has 0 radical (unpaired) electrons. The zero-order valence-corrected chi connectivity index (χ0v) is 46.0. The molecule has 0 unspecified atom stereocenters. The van der Waals surface area contributed by atoms with Gasteiger partial charge in [-0.2, -0.15) is 0 Å². The number of ether oxygens (including phenoxy) is 2. The fourth-order valence-electron chi connectivity index (χ4n) is 9.76. The van der Waals surface area contributed by atoms with Crippen LogP contribution in [0.25, 0.3) is 10.4 Å². The number of aliphatic hydroxyl groups is 5. The molecule has 2 aliphatic heterocycles. The average molecular weight is 1040 g/mol. The van der Waals surface area contributed by atoms with Gasteiger partial charge < -0.3 is 40.3 Å². The molecule has 2 rings (SSSR count). The number of nitrogens with zero attached hydrogens (tertiary/aromatic N) is 4. The molecule has 6 N–H and O–H groups in total. The number of unbranched alkanes of at least 4 members (excludes halogenated alkanes) is 33. The van der Waals surface area contributed by atoms with Crippen molar-refractivity contribution in [2.75, 3.05) is 25.4 Å². The molecule has 0 aliphatic carbocycles. The topological polar surface area (TPSA) is 235 Å². The van der Waals surface area contributed by atoms with Gasteiger partial charge in [0.05, 0.1) is 29.8 Å². The number of imide groups is 1. The van der Waals surface area contributed by atoms with Gasteiger partial charge in [-0.25, -0.2) is 0 Å². The largest absolute Gasteiger partial charge is 0.390 e. The molecule has 0 aromatic rings. The third kappa shape index (κ3) is 30.3. The molecular formula is C56H103N5O10S. The molecule has 0 aromatic heterocycles. The van der Waals surface area contributed by atoms with Crippen LogP contribution < -0.4 is 5.32 Å². The molecule has 1 saturated heterocycles. The van der Waals surface area contributed by atoms with Crippen LogP contribution in [0.5, 0.6) is 0 Å². The summed E-state index contributed by atoms with van der Waals surface area (Å²) in [4.78, 5) is 42.2. The van der Waals surface area contributed by atoms with E-state index in [2.05, 4.69) is 29.2 Å². The Morgan fingerprint density at radius 1 is 0.681 bits per heavy atom. The lowest BCUT2D eigenvalue weighted by atomic mass is 9.98. The van der Waals surface area contributed by atoms with Crippen LogP contribution in [0.2, 0.25) is 0 Å². The second-order valence-electron chi connectivity index (χ2n) is 20.9. The highest BCUT2D eigenvalue weighted by atomic mass is 32.2. The van der Waals surface area contributed by atoms with Gasteiger partial charge in [0, 0.05) is 36.3 Å². The Morgan fingerprint density at radius 3 is 1.56 bits per heavy atom. The van der Waals surface area contributed by atoms with E-state index < -0.39 is 60.8 Å². The van der Waals surface area contributed by atoms with Crippen LogP contribution in [0.3, 0.4) is 0 Å². The summed E-state index contributed by atoms with van der Waals surface area (Å²) in [6.07, 6.45) is 35.2. The third-order valence-electron chi connectivity index (χ3n) is 14.5. The van der Waals surface area contributed by atoms with Crippen molar-refractivity contribution in [1.29, 1.82) is 0 Å². The van der Waals surface area contributed by atoms with Gasteiger partial charge in [-0.1, -0.05) is 237 Å². The summed E-state index contributed by atoms with van der Waals surface area (Å²) in [7, 11) is 0. The summed E-state index contributed by atoms with van der Waals surface area (Å²) in [5.41, 5.74) is 8.54. The lowest BCUT2D eigenvalue weighted by molar-refractivity contribution is -0.294. The molecular weight excluding hydrogens is 935 g/mol. The van der Waals surface area contributed by atoms with Gasteiger partial charge in [0.15, 0.2) is 6.29 Å². The van der Waals surface area contributed by atoms with Gasteiger partial charge in [-0.3, -0.25) is 19.3 Å². The van der Waals surface area contributed by atoms with Gasteiger partial charge in [0.1, 0.15) is 24.4 Å². The zero-order valence-electron chi connectivity index (χ0n) is 45.2. The van der Waals surface area contributed by atoms with E-state index in [0.717, 1.165) is 61.3 Å². The fourth-order valence-corrected chi connectivity index (χ4v) is 10.8. The first-order valence-electron chi connectivity index (χ1n) is 29.2. The number of thioether (sulfide) groups is 1. The Bertz CT molecular complexity index is 1470. The minimum Gasteiger partial charge on any atom is -0.390 e. The Morgan fingerprint density at radius 2 is 1.11 bits per heavy atom. The SMILES string of the molecule is CCCCCCCCCCCCCCCCCCCCCCCCCC(=O)N[C@@H](CO[C@H]1O[C@H](CSC2=CC(=O)N(CCN=[N+]=[N-])C2=O)[C@H](O)[C@H](O)[C@H]1O)[C@H](O)[C@H](O)CCCCCCCCCCCCCC. The Labute approximate surface area is 439 Å².